The van der Waals surface area contributed by atoms with Gasteiger partial charge in [0.15, 0.2) is 0 Å². The number of hydrogen-bond donors (Lipinski definition) is 1. The molecule has 0 amide bonds. The minimum absolute atomic E-state index is 0.354. The van der Waals surface area contributed by atoms with Crippen LogP contribution >= 0.6 is 0 Å². The van der Waals surface area contributed by atoms with Crippen molar-refractivity contribution in [3.63, 3.8) is 0 Å². The highest BCUT2D eigenvalue weighted by atomic mass is 16.4. The molecule has 0 spiro atoms. The Bertz CT molecular complexity index is 205. The van der Waals surface area contributed by atoms with E-state index in [2.05, 4.69) is 0 Å². The molecule has 3 aliphatic carbocycles. The fraction of sp³-hybridized carbons (Fsp3) is 0.917. The van der Waals surface area contributed by atoms with Crippen molar-refractivity contribution in [1.29, 1.82) is 0 Å². The largest absolute Gasteiger partial charge is 0.481 e. The molecular formula is C12H20O2. The fourth-order valence-corrected chi connectivity index (χ4v) is 3.09. The maximum Gasteiger partial charge on any atom is 0.303 e. The van der Waals surface area contributed by atoms with Gasteiger partial charge in [-0.1, -0.05) is 19.3 Å². The molecule has 0 unspecified atom stereocenters. The van der Waals surface area contributed by atoms with E-state index in [-0.39, 0.29) is 0 Å². The van der Waals surface area contributed by atoms with Crippen molar-refractivity contribution in [2.45, 2.75) is 57.8 Å². The van der Waals surface area contributed by atoms with Crippen molar-refractivity contribution >= 4 is 5.97 Å². The molecule has 1 N–H and O–H groups in total. The standard InChI is InChI=1S/C12H20O2/c13-11(14)5-3-1-2-4-6-12-7-10(8-12)9-12/h10H,1-9H2,(H,13,14). The van der Waals surface area contributed by atoms with Gasteiger partial charge in [0.05, 0.1) is 0 Å². The van der Waals surface area contributed by atoms with Crippen molar-refractivity contribution in [3.8, 4) is 0 Å². The maximum atomic E-state index is 10.3. The SMILES string of the molecule is O=C(O)CCCCCCC12CC(C1)C2. The molecule has 3 saturated carbocycles. The summed E-state index contributed by atoms with van der Waals surface area (Å²) in [6.45, 7) is 0. The van der Waals surface area contributed by atoms with Gasteiger partial charge >= 0.3 is 5.97 Å². The molecule has 0 aliphatic heterocycles. The van der Waals surface area contributed by atoms with Gasteiger partial charge in [0.1, 0.15) is 0 Å². The second-order valence-corrected chi connectivity index (χ2v) is 5.29. The fourth-order valence-electron chi connectivity index (χ4n) is 3.09. The van der Waals surface area contributed by atoms with Gasteiger partial charge < -0.3 is 5.11 Å². The molecule has 2 nitrogen and oxygen atoms in total. The topological polar surface area (TPSA) is 37.3 Å². The predicted molar refractivity (Wildman–Crippen MR) is 55.1 cm³/mol. The van der Waals surface area contributed by atoms with Gasteiger partial charge in [0, 0.05) is 6.42 Å². The first-order valence-electron chi connectivity index (χ1n) is 5.92. The van der Waals surface area contributed by atoms with Gasteiger partial charge in [-0.25, -0.2) is 0 Å². The third-order valence-electron chi connectivity index (χ3n) is 4.01. The van der Waals surface area contributed by atoms with Gasteiger partial charge in [0.2, 0.25) is 0 Å². The second kappa shape index (κ2) is 3.92. The third kappa shape index (κ3) is 2.10. The molecule has 0 saturated heterocycles. The predicted octanol–water partition coefficient (Wildman–Crippen LogP) is 3.21. The zero-order chi connectivity index (χ0) is 10.0. The maximum absolute atomic E-state index is 10.3. The van der Waals surface area contributed by atoms with Crippen LogP contribution in [-0.4, -0.2) is 11.1 Å². The lowest BCUT2D eigenvalue weighted by atomic mass is 9.43. The van der Waals surface area contributed by atoms with E-state index in [0.717, 1.165) is 24.2 Å². The molecule has 14 heavy (non-hydrogen) atoms. The first kappa shape index (κ1) is 10.0. The van der Waals surface area contributed by atoms with Crippen molar-refractivity contribution in [1.82, 2.24) is 0 Å². The van der Waals surface area contributed by atoms with Crippen molar-refractivity contribution < 1.29 is 9.90 Å². The summed E-state index contributed by atoms with van der Waals surface area (Å²) in [5, 5.41) is 8.45. The Hall–Kier alpha value is -0.530. The number of unbranched alkanes of at least 4 members (excludes halogenated alkanes) is 3. The number of carboxylic acids is 1. The lowest BCUT2D eigenvalue weighted by molar-refractivity contribution is -0.137. The number of hydrogen-bond acceptors (Lipinski definition) is 1. The van der Waals surface area contributed by atoms with Crippen LogP contribution in [0.4, 0.5) is 0 Å². The second-order valence-electron chi connectivity index (χ2n) is 5.29. The van der Waals surface area contributed by atoms with Gasteiger partial charge in [-0.15, -0.1) is 0 Å². The van der Waals surface area contributed by atoms with E-state index < -0.39 is 5.97 Å². The van der Waals surface area contributed by atoms with Gasteiger partial charge in [-0.3, -0.25) is 4.79 Å². The van der Waals surface area contributed by atoms with E-state index in [4.69, 9.17) is 5.11 Å². The molecule has 2 heteroatoms. The van der Waals surface area contributed by atoms with E-state index in [1.807, 2.05) is 0 Å². The van der Waals surface area contributed by atoms with Crippen molar-refractivity contribution in [2.75, 3.05) is 0 Å². The van der Waals surface area contributed by atoms with Crippen LogP contribution in [0, 0.1) is 11.3 Å². The smallest absolute Gasteiger partial charge is 0.303 e. The summed E-state index contributed by atoms with van der Waals surface area (Å²) >= 11 is 0. The first-order valence-corrected chi connectivity index (χ1v) is 5.92. The molecule has 3 aliphatic rings. The third-order valence-corrected chi connectivity index (χ3v) is 4.01. The van der Waals surface area contributed by atoms with Gasteiger partial charge in [0.25, 0.3) is 0 Å². The summed E-state index contributed by atoms with van der Waals surface area (Å²) in [4.78, 5) is 10.3. The molecule has 3 fully saturated rings. The average molecular weight is 196 g/mol. The first-order chi connectivity index (χ1) is 6.70. The quantitative estimate of drug-likeness (QED) is 0.635. The molecule has 0 heterocycles. The Morgan fingerprint density at radius 3 is 2.29 bits per heavy atom. The minimum Gasteiger partial charge on any atom is -0.481 e. The molecule has 0 aromatic heterocycles. The van der Waals surface area contributed by atoms with Crippen LogP contribution in [0.25, 0.3) is 0 Å². The summed E-state index contributed by atoms with van der Waals surface area (Å²) in [5.41, 5.74) is 0.789. The van der Waals surface area contributed by atoms with Crippen molar-refractivity contribution in [2.24, 2.45) is 11.3 Å². The highest BCUT2D eigenvalue weighted by molar-refractivity contribution is 5.66. The van der Waals surface area contributed by atoms with Crippen LogP contribution in [0.5, 0.6) is 0 Å². The van der Waals surface area contributed by atoms with Crippen molar-refractivity contribution in [3.05, 3.63) is 0 Å². The van der Waals surface area contributed by atoms with Crippen LogP contribution < -0.4 is 0 Å². The number of rotatable bonds is 7. The Morgan fingerprint density at radius 2 is 1.79 bits per heavy atom. The van der Waals surface area contributed by atoms with Crippen LogP contribution in [0.15, 0.2) is 0 Å². The normalized spacial score (nSPS) is 33.3. The molecule has 80 valence electrons. The summed E-state index contributed by atoms with van der Waals surface area (Å²) in [6.07, 6.45) is 10.8. The lowest BCUT2D eigenvalue weighted by Gasteiger charge is -2.62. The molecule has 2 bridgehead atoms. The molecular weight excluding hydrogens is 176 g/mol. The van der Waals surface area contributed by atoms with Crippen LogP contribution in [0.3, 0.4) is 0 Å². The highest BCUT2D eigenvalue weighted by Gasteiger charge is 2.55. The van der Waals surface area contributed by atoms with Crippen LogP contribution in [-0.2, 0) is 4.79 Å². The lowest BCUT2D eigenvalue weighted by Crippen LogP contribution is -2.51. The molecule has 0 radical (unpaired) electrons. The molecule has 0 aromatic carbocycles. The number of aliphatic carboxylic acids is 1. The highest BCUT2D eigenvalue weighted by Crippen LogP contribution is 2.66. The summed E-state index contributed by atoms with van der Waals surface area (Å²) < 4.78 is 0. The zero-order valence-electron chi connectivity index (χ0n) is 8.80. The number of carbonyl (C=O) groups is 1. The molecule has 3 rings (SSSR count). The van der Waals surface area contributed by atoms with E-state index in [0.29, 0.717) is 6.42 Å². The van der Waals surface area contributed by atoms with E-state index >= 15 is 0 Å². The monoisotopic (exact) mass is 196 g/mol. The van der Waals surface area contributed by atoms with E-state index in [1.54, 1.807) is 0 Å². The Kier molecular flexibility index (Phi) is 2.80. The van der Waals surface area contributed by atoms with Crippen LogP contribution in [0.1, 0.15) is 57.8 Å². The summed E-state index contributed by atoms with van der Waals surface area (Å²) in [7, 11) is 0. The summed E-state index contributed by atoms with van der Waals surface area (Å²) in [6, 6.07) is 0. The van der Waals surface area contributed by atoms with Crippen LogP contribution in [0.2, 0.25) is 0 Å². The average Bonchev–Trinajstić information content (AvgIpc) is 1.96. The summed E-state index contributed by atoms with van der Waals surface area (Å²) in [5.74, 6) is 0.450. The van der Waals surface area contributed by atoms with Gasteiger partial charge in [-0.05, 0) is 43.4 Å². The number of carboxylic acid groups (broad SMARTS) is 1. The Morgan fingerprint density at radius 1 is 1.14 bits per heavy atom. The zero-order valence-corrected chi connectivity index (χ0v) is 8.80. The Balaban J connectivity index is 1.42. The van der Waals surface area contributed by atoms with E-state index in [9.17, 15) is 4.79 Å². The minimum atomic E-state index is -0.649. The molecule has 0 atom stereocenters. The van der Waals surface area contributed by atoms with Gasteiger partial charge in [-0.2, -0.15) is 0 Å². The van der Waals surface area contributed by atoms with E-state index in [1.165, 1.54) is 38.5 Å². The molecule has 0 aromatic rings. The Labute approximate surface area is 85.7 Å².